The molecule has 2 N–H and O–H groups in total. The van der Waals surface area contributed by atoms with Gasteiger partial charge in [-0.1, -0.05) is 36.4 Å². The van der Waals surface area contributed by atoms with E-state index in [4.69, 9.17) is 4.98 Å². The maximum absolute atomic E-state index is 13.0. The number of alkyl halides is 2. The number of hydrogen-bond acceptors (Lipinski definition) is 11. The number of aromatic nitrogens is 8. The van der Waals surface area contributed by atoms with Gasteiger partial charge < -0.3 is 25.2 Å². The molecule has 20 heteroatoms. The highest BCUT2D eigenvalue weighted by Gasteiger charge is 2.26. The Bertz CT molecular complexity index is 2700. The van der Waals surface area contributed by atoms with E-state index in [0.29, 0.717) is 42.3 Å². The number of aryl methyl sites for hydroxylation is 2. The Morgan fingerprint density at radius 1 is 0.655 bits per heavy atom. The summed E-state index contributed by atoms with van der Waals surface area (Å²) in [6.45, 7) is 3.95. The van der Waals surface area contributed by atoms with Crippen LogP contribution in [0.1, 0.15) is 17.5 Å². The van der Waals surface area contributed by atoms with Crippen molar-refractivity contribution in [3.05, 3.63) is 105 Å². The molecule has 4 aromatic heterocycles. The predicted octanol–water partition coefficient (Wildman–Crippen LogP) is 1.38. The van der Waals surface area contributed by atoms with Gasteiger partial charge in [-0.25, -0.2) is 9.59 Å². The van der Waals surface area contributed by atoms with Gasteiger partial charge in [-0.2, -0.15) is 18.7 Å². The second-order valence-corrected chi connectivity index (χ2v) is 15.3. The molecule has 0 atom stereocenters. The summed E-state index contributed by atoms with van der Waals surface area (Å²) in [5.41, 5.74) is 1.35. The fraction of sp³-hybridized carbons (Fsp3) is 0.421. The molecule has 6 aromatic rings. The number of imidazole rings is 2. The minimum absolute atomic E-state index is 0.0299. The lowest BCUT2D eigenvalue weighted by Gasteiger charge is -2.29. The summed E-state index contributed by atoms with van der Waals surface area (Å²) in [6, 6.07) is 14.6. The van der Waals surface area contributed by atoms with Crippen LogP contribution in [-0.2, 0) is 41.3 Å². The lowest BCUT2D eigenvalue weighted by Crippen LogP contribution is -2.44. The molecule has 2 aliphatic heterocycles. The molecule has 0 aliphatic carbocycles. The SMILES string of the molecule is Cn1c(=O)c2c(nc(N3CCCNCC3)n2Cc2ccccc2I)n(C)c1=O.Cn1c(=O)c2c(nc(N3CCNCC3)n2Cc2ccccc2OC(F)F)n(C)c1=O. The van der Waals surface area contributed by atoms with Crippen LogP contribution in [0.15, 0.2) is 67.7 Å². The third-order valence-corrected chi connectivity index (χ3v) is 11.5. The number of benzene rings is 2. The van der Waals surface area contributed by atoms with Crippen LogP contribution in [0.4, 0.5) is 20.7 Å². The van der Waals surface area contributed by atoms with Crippen molar-refractivity contribution < 1.29 is 13.5 Å². The number of anilines is 2. The third-order valence-electron chi connectivity index (χ3n) is 10.5. The Kier molecular flexibility index (Phi) is 12.1. The first-order chi connectivity index (χ1) is 27.9. The molecule has 0 bridgehead atoms. The molecule has 0 amide bonds. The summed E-state index contributed by atoms with van der Waals surface area (Å²) < 4.78 is 40.1. The number of ether oxygens (including phenoxy) is 1. The second-order valence-electron chi connectivity index (χ2n) is 14.2. The smallest absolute Gasteiger partial charge is 0.387 e. The number of halogens is 3. The highest BCUT2D eigenvalue weighted by Crippen LogP contribution is 2.27. The van der Waals surface area contributed by atoms with Crippen LogP contribution in [0, 0.1) is 3.57 Å². The zero-order valence-electron chi connectivity index (χ0n) is 32.6. The number of rotatable bonds is 8. The van der Waals surface area contributed by atoms with E-state index in [2.05, 4.69) is 60.0 Å². The van der Waals surface area contributed by atoms with E-state index in [1.54, 1.807) is 36.9 Å². The summed E-state index contributed by atoms with van der Waals surface area (Å²) in [5, 5.41) is 6.66. The second kappa shape index (κ2) is 17.2. The average molecular weight is 915 g/mol. The van der Waals surface area contributed by atoms with Crippen molar-refractivity contribution >= 4 is 56.8 Å². The Balaban J connectivity index is 0.000000177. The van der Waals surface area contributed by atoms with E-state index in [1.165, 1.54) is 29.3 Å². The minimum atomic E-state index is -2.97. The highest BCUT2D eigenvalue weighted by molar-refractivity contribution is 14.1. The van der Waals surface area contributed by atoms with Crippen molar-refractivity contribution in [1.82, 2.24) is 48.0 Å². The number of para-hydroxylation sites is 1. The van der Waals surface area contributed by atoms with Crippen molar-refractivity contribution in [2.45, 2.75) is 26.1 Å². The molecule has 0 unspecified atom stereocenters. The van der Waals surface area contributed by atoms with Crippen LogP contribution in [0.3, 0.4) is 0 Å². The summed E-state index contributed by atoms with van der Waals surface area (Å²) in [5.74, 6) is 1.29. The molecule has 6 heterocycles. The summed E-state index contributed by atoms with van der Waals surface area (Å²) in [6.07, 6.45) is 1.00. The van der Waals surface area contributed by atoms with Crippen molar-refractivity contribution in [2.24, 2.45) is 28.2 Å². The van der Waals surface area contributed by atoms with Crippen LogP contribution in [-0.4, -0.2) is 96.3 Å². The highest BCUT2D eigenvalue weighted by atomic mass is 127. The number of fused-ring (bicyclic) bond motifs is 2. The quantitative estimate of drug-likeness (QED) is 0.212. The molecule has 58 heavy (non-hydrogen) atoms. The molecule has 17 nitrogen and oxygen atoms in total. The van der Waals surface area contributed by atoms with Gasteiger partial charge in [0.2, 0.25) is 11.9 Å². The summed E-state index contributed by atoms with van der Waals surface area (Å²) in [4.78, 5) is 64.4. The molecule has 0 radical (unpaired) electrons. The number of piperazine rings is 1. The fourth-order valence-electron chi connectivity index (χ4n) is 7.38. The van der Waals surface area contributed by atoms with Gasteiger partial charge in [0, 0.05) is 83.1 Å². The zero-order chi connectivity index (χ0) is 41.2. The Hall–Kier alpha value is -5.35. The average Bonchev–Trinajstić information content (AvgIpc) is 3.66. The van der Waals surface area contributed by atoms with Crippen molar-refractivity contribution in [2.75, 3.05) is 62.2 Å². The number of hydrogen-bond donors (Lipinski definition) is 2. The van der Waals surface area contributed by atoms with Gasteiger partial charge >= 0.3 is 18.0 Å². The summed E-state index contributed by atoms with van der Waals surface area (Å²) >= 11 is 2.31. The molecule has 308 valence electrons. The number of nitrogens with one attached hydrogen (secondary N) is 2. The molecule has 2 saturated heterocycles. The first-order valence-electron chi connectivity index (χ1n) is 18.9. The van der Waals surface area contributed by atoms with E-state index in [1.807, 2.05) is 21.6 Å². The Morgan fingerprint density at radius 2 is 1.12 bits per heavy atom. The van der Waals surface area contributed by atoms with Gasteiger partial charge in [-0.05, 0) is 53.3 Å². The van der Waals surface area contributed by atoms with E-state index in [-0.39, 0.29) is 34.7 Å². The molecule has 2 fully saturated rings. The van der Waals surface area contributed by atoms with Crippen molar-refractivity contribution in [3.8, 4) is 5.75 Å². The monoisotopic (exact) mass is 914 g/mol. The normalized spacial score (nSPS) is 14.9. The van der Waals surface area contributed by atoms with E-state index < -0.39 is 17.9 Å². The van der Waals surface area contributed by atoms with E-state index in [9.17, 15) is 28.0 Å². The van der Waals surface area contributed by atoms with Crippen molar-refractivity contribution in [3.63, 3.8) is 0 Å². The van der Waals surface area contributed by atoms with Crippen LogP contribution in [0.5, 0.6) is 5.75 Å². The minimum Gasteiger partial charge on any atom is -0.434 e. The van der Waals surface area contributed by atoms with Gasteiger partial charge in [0.1, 0.15) is 5.75 Å². The topological polar surface area (TPSA) is 163 Å². The first kappa shape index (κ1) is 40.8. The molecule has 2 aromatic carbocycles. The molecular formula is C38H45F2IN12O5. The van der Waals surface area contributed by atoms with Gasteiger partial charge in [0.15, 0.2) is 22.3 Å². The first-order valence-corrected chi connectivity index (χ1v) is 19.9. The summed E-state index contributed by atoms with van der Waals surface area (Å²) in [7, 11) is 6.14. The van der Waals surface area contributed by atoms with Crippen LogP contribution < -0.4 is 47.7 Å². The van der Waals surface area contributed by atoms with Crippen LogP contribution in [0.2, 0.25) is 0 Å². The maximum atomic E-state index is 13.0. The molecular weight excluding hydrogens is 869 g/mol. The van der Waals surface area contributed by atoms with Crippen molar-refractivity contribution in [1.29, 1.82) is 0 Å². The number of nitrogens with zero attached hydrogens (tertiary/aromatic N) is 10. The Labute approximate surface area is 344 Å². The maximum Gasteiger partial charge on any atom is 0.387 e. The molecule has 0 spiro atoms. The lowest BCUT2D eigenvalue weighted by atomic mass is 10.2. The van der Waals surface area contributed by atoms with Gasteiger partial charge in [0.05, 0.1) is 13.1 Å². The Morgan fingerprint density at radius 3 is 1.66 bits per heavy atom. The molecule has 0 saturated carbocycles. The zero-order valence-corrected chi connectivity index (χ0v) is 34.8. The van der Waals surface area contributed by atoms with E-state index in [0.717, 1.165) is 69.9 Å². The third kappa shape index (κ3) is 7.91. The molecule has 2 aliphatic rings. The van der Waals surface area contributed by atoms with E-state index >= 15 is 0 Å². The van der Waals surface area contributed by atoms with Gasteiger partial charge in [-0.3, -0.25) is 37.0 Å². The fourth-order valence-corrected chi connectivity index (χ4v) is 7.93. The molecule has 8 rings (SSSR count). The predicted molar refractivity (Wildman–Crippen MR) is 226 cm³/mol. The van der Waals surface area contributed by atoms with Gasteiger partial charge in [-0.15, -0.1) is 0 Å². The van der Waals surface area contributed by atoms with Crippen LogP contribution in [0.25, 0.3) is 22.3 Å². The van der Waals surface area contributed by atoms with Gasteiger partial charge in [0.25, 0.3) is 11.1 Å². The van der Waals surface area contributed by atoms with Crippen LogP contribution >= 0.6 is 22.6 Å². The largest absolute Gasteiger partial charge is 0.434 e. The lowest BCUT2D eigenvalue weighted by molar-refractivity contribution is -0.0504. The standard InChI is InChI=1S/C19H22F2N6O3.C19H23IN6O2/c1-24-15-14(16(28)25(2)19(24)29)27(18(23-15)26-9-7-22-8-10-26)11-12-5-3-4-6-13(12)30-17(20)21;1-23-16-15(17(27)24(2)19(23)28)26(12-13-6-3-4-7-14(13)20)18(22-16)25-10-5-8-21-9-11-25/h3-6,17,22H,7-11H2,1-2H3;3-4,6-7,21H,5,8-12H2,1-2H3.